The molecular weight excluding hydrogens is 284 g/mol. The Hall–Kier alpha value is -2.14. The molecule has 0 unspecified atom stereocenters. The van der Waals surface area contributed by atoms with E-state index in [9.17, 15) is 8.78 Å². The molecule has 0 aliphatic heterocycles. The van der Waals surface area contributed by atoms with E-state index in [0.717, 1.165) is 23.2 Å². The minimum Gasteiger partial charge on any atom is -0.352 e. The second-order valence-corrected chi connectivity index (χ2v) is 4.79. The third-order valence-corrected chi connectivity index (χ3v) is 3.12. The molecule has 0 fully saturated rings. The second-order valence-electron chi connectivity index (χ2n) is 4.35. The quantitative estimate of drug-likeness (QED) is 0.763. The third-order valence-electron chi connectivity index (χ3n) is 2.89. The maximum Gasteiger partial charge on any atom is 0.201 e. The maximum atomic E-state index is 13.1. The van der Waals surface area contributed by atoms with Crippen LogP contribution in [0, 0.1) is 11.6 Å². The fourth-order valence-electron chi connectivity index (χ4n) is 1.90. The fourth-order valence-corrected chi connectivity index (χ4v) is 2.07. The predicted octanol–water partition coefficient (Wildman–Crippen LogP) is 4.11. The van der Waals surface area contributed by atoms with Crippen LogP contribution in [0.15, 0.2) is 36.4 Å². The number of nitrogens with zero attached hydrogens (tertiary/aromatic N) is 1. The average Bonchev–Trinajstić information content (AvgIpc) is 2.82. The number of fused-ring (bicyclic) bond motifs is 1. The summed E-state index contributed by atoms with van der Waals surface area (Å²) in [5.74, 6) is -1.17. The molecule has 1 heterocycles. The van der Waals surface area contributed by atoms with Crippen LogP contribution in [0.3, 0.4) is 0 Å². The van der Waals surface area contributed by atoms with E-state index >= 15 is 0 Å². The highest BCUT2D eigenvalue weighted by molar-refractivity contribution is 6.31. The lowest BCUT2D eigenvalue weighted by atomic mass is 10.2. The minimum atomic E-state index is -0.860. The van der Waals surface area contributed by atoms with Gasteiger partial charge in [0.15, 0.2) is 11.6 Å². The SMILES string of the molecule is Fc1ccc(CNc2nc3ccc(Cl)cc3[nH]2)cc1F. The first-order chi connectivity index (χ1) is 9.61. The topological polar surface area (TPSA) is 40.7 Å². The Balaban J connectivity index is 1.77. The van der Waals surface area contributed by atoms with Crippen molar-refractivity contribution in [3.8, 4) is 0 Å². The van der Waals surface area contributed by atoms with Crippen LogP contribution in [0.25, 0.3) is 11.0 Å². The van der Waals surface area contributed by atoms with Crippen molar-refractivity contribution < 1.29 is 8.78 Å². The van der Waals surface area contributed by atoms with Gasteiger partial charge in [-0.3, -0.25) is 0 Å². The molecule has 2 N–H and O–H groups in total. The molecule has 0 radical (unpaired) electrons. The summed E-state index contributed by atoms with van der Waals surface area (Å²) in [5.41, 5.74) is 2.22. The van der Waals surface area contributed by atoms with Crippen LogP contribution in [0.2, 0.25) is 5.02 Å². The highest BCUT2D eigenvalue weighted by Gasteiger charge is 2.05. The van der Waals surface area contributed by atoms with Crippen molar-refractivity contribution in [3.63, 3.8) is 0 Å². The van der Waals surface area contributed by atoms with Gasteiger partial charge in [-0.2, -0.15) is 0 Å². The van der Waals surface area contributed by atoms with Gasteiger partial charge < -0.3 is 10.3 Å². The molecule has 2 aromatic carbocycles. The summed E-state index contributed by atoms with van der Waals surface area (Å²) in [6.45, 7) is 0.338. The Morgan fingerprint density at radius 1 is 1.10 bits per heavy atom. The van der Waals surface area contributed by atoms with Gasteiger partial charge in [0.05, 0.1) is 11.0 Å². The van der Waals surface area contributed by atoms with Gasteiger partial charge >= 0.3 is 0 Å². The van der Waals surface area contributed by atoms with E-state index in [4.69, 9.17) is 11.6 Å². The molecule has 0 spiro atoms. The largest absolute Gasteiger partial charge is 0.352 e. The van der Waals surface area contributed by atoms with Gasteiger partial charge in [-0.15, -0.1) is 0 Å². The van der Waals surface area contributed by atoms with E-state index < -0.39 is 11.6 Å². The normalized spacial score (nSPS) is 10.9. The number of H-pyrrole nitrogens is 1. The van der Waals surface area contributed by atoms with Crippen molar-refractivity contribution in [1.29, 1.82) is 0 Å². The Labute approximate surface area is 118 Å². The lowest BCUT2D eigenvalue weighted by Crippen LogP contribution is -2.01. The number of hydrogen-bond acceptors (Lipinski definition) is 2. The molecular formula is C14H10ClF2N3. The average molecular weight is 294 g/mol. The first-order valence-electron chi connectivity index (χ1n) is 5.95. The second kappa shape index (κ2) is 5.09. The number of imidazole rings is 1. The molecule has 0 saturated heterocycles. The fraction of sp³-hybridized carbons (Fsp3) is 0.0714. The van der Waals surface area contributed by atoms with E-state index in [1.807, 2.05) is 0 Å². The smallest absolute Gasteiger partial charge is 0.201 e. The van der Waals surface area contributed by atoms with Crippen LogP contribution in [-0.2, 0) is 6.54 Å². The highest BCUT2D eigenvalue weighted by atomic mass is 35.5. The summed E-state index contributed by atoms with van der Waals surface area (Å²) in [4.78, 5) is 7.37. The van der Waals surface area contributed by atoms with E-state index in [1.54, 1.807) is 18.2 Å². The van der Waals surface area contributed by atoms with Gasteiger partial charge in [0.25, 0.3) is 0 Å². The van der Waals surface area contributed by atoms with E-state index in [-0.39, 0.29) is 0 Å². The Kier molecular flexibility index (Phi) is 3.28. The molecule has 0 atom stereocenters. The van der Waals surface area contributed by atoms with Crippen molar-refractivity contribution in [2.75, 3.05) is 5.32 Å². The monoisotopic (exact) mass is 293 g/mol. The van der Waals surface area contributed by atoms with Crippen LogP contribution in [0.1, 0.15) is 5.56 Å². The predicted molar refractivity (Wildman–Crippen MR) is 74.8 cm³/mol. The molecule has 0 amide bonds. The number of rotatable bonds is 3. The molecule has 6 heteroatoms. The van der Waals surface area contributed by atoms with Crippen LogP contribution < -0.4 is 5.32 Å². The summed E-state index contributed by atoms with van der Waals surface area (Å²) in [5, 5.41) is 3.64. The van der Waals surface area contributed by atoms with Crippen LogP contribution in [-0.4, -0.2) is 9.97 Å². The molecule has 1 aromatic heterocycles. The summed E-state index contributed by atoms with van der Waals surface area (Å²) in [6.07, 6.45) is 0. The summed E-state index contributed by atoms with van der Waals surface area (Å²) in [6, 6.07) is 9.10. The van der Waals surface area contributed by atoms with Crippen LogP contribution >= 0.6 is 11.6 Å². The van der Waals surface area contributed by atoms with Gasteiger partial charge in [-0.1, -0.05) is 17.7 Å². The molecule has 0 aliphatic carbocycles. The molecule has 3 aromatic rings. The van der Waals surface area contributed by atoms with Gasteiger partial charge in [-0.05, 0) is 35.9 Å². The third kappa shape index (κ3) is 2.58. The van der Waals surface area contributed by atoms with Crippen molar-refractivity contribution in [1.82, 2.24) is 9.97 Å². The number of anilines is 1. The zero-order valence-corrected chi connectivity index (χ0v) is 11.0. The van der Waals surface area contributed by atoms with Crippen molar-refractivity contribution >= 4 is 28.6 Å². The van der Waals surface area contributed by atoms with Crippen LogP contribution in [0.4, 0.5) is 14.7 Å². The molecule has 3 rings (SSSR count). The van der Waals surface area contributed by atoms with Crippen LogP contribution in [0.5, 0.6) is 0 Å². The number of hydrogen-bond donors (Lipinski definition) is 2. The zero-order chi connectivity index (χ0) is 14.1. The molecule has 20 heavy (non-hydrogen) atoms. The number of nitrogens with one attached hydrogen (secondary N) is 2. The summed E-state index contributed by atoms with van der Waals surface area (Å²) in [7, 11) is 0. The molecule has 3 nitrogen and oxygen atoms in total. The standard InChI is InChI=1S/C14H10ClF2N3/c15-9-2-4-12-13(6-9)20-14(19-12)18-7-8-1-3-10(16)11(17)5-8/h1-6H,7H2,(H2,18,19,20). The van der Waals surface area contributed by atoms with E-state index in [0.29, 0.717) is 23.1 Å². The zero-order valence-electron chi connectivity index (χ0n) is 10.3. The number of halogens is 3. The number of benzene rings is 2. The highest BCUT2D eigenvalue weighted by Crippen LogP contribution is 2.19. The molecule has 0 saturated carbocycles. The Morgan fingerprint density at radius 2 is 1.95 bits per heavy atom. The molecule has 0 aliphatic rings. The lowest BCUT2D eigenvalue weighted by molar-refractivity contribution is 0.507. The number of aromatic nitrogens is 2. The first-order valence-corrected chi connectivity index (χ1v) is 6.33. The number of aromatic amines is 1. The summed E-state index contributed by atoms with van der Waals surface area (Å²) < 4.78 is 25.9. The van der Waals surface area contributed by atoms with Gasteiger partial charge in [0.2, 0.25) is 5.95 Å². The molecule has 102 valence electrons. The Bertz CT molecular complexity index is 770. The van der Waals surface area contributed by atoms with Crippen molar-refractivity contribution in [2.24, 2.45) is 0 Å². The van der Waals surface area contributed by atoms with E-state index in [1.165, 1.54) is 6.07 Å². The van der Waals surface area contributed by atoms with Gasteiger partial charge in [-0.25, -0.2) is 13.8 Å². The molecule has 0 bridgehead atoms. The van der Waals surface area contributed by atoms with Gasteiger partial charge in [0, 0.05) is 11.6 Å². The van der Waals surface area contributed by atoms with E-state index in [2.05, 4.69) is 15.3 Å². The summed E-state index contributed by atoms with van der Waals surface area (Å²) >= 11 is 5.89. The van der Waals surface area contributed by atoms with Gasteiger partial charge in [0.1, 0.15) is 0 Å². The first kappa shape index (κ1) is 12.9. The Morgan fingerprint density at radius 3 is 2.75 bits per heavy atom. The van der Waals surface area contributed by atoms with Crippen molar-refractivity contribution in [2.45, 2.75) is 6.54 Å². The lowest BCUT2D eigenvalue weighted by Gasteiger charge is -2.03. The van der Waals surface area contributed by atoms with Crippen molar-refractivity contribution in [3.05, 3.63) is 58.6 Å². The maximum absolute atomic E-state index is 13.1. The minimum absolute atomic E-state index is 0.338.